The number of hydrogen-bond donors (Lipinski definition) is 1. The Morgan fingerprint density at radius 2 is 1.89 bits per heavy atom. The van der Waals surface area contributed by atoms with Gasteiger partial charge in [-0.15, -0.1) is 12.4 Å². The van der Waals surface area contributed by atoms with Gasteiger partial charge in [0.15, 0.2) is 0 Å². The first-order valence-electron chi connectivity index (χ1n) is 9.43. The molecule has 1 aliphatic carbocycles. The van der Waals surface area contributed by atoms with Crippen molar-refractivity contribution in [2.75, 3.05) is 30.4 Å². The summed E-state index contributed by atoms with van der Waals surface area (Å²) < 4.78 is 4.73. The summed E-state index contributed by atoms with van der Waals surface area (Å²) >= 11 is 0. The summed E-state index contributed by atoms with van der Waals surface area (Å²) in [6.07, 6.45) is 6.15. The number of aryl methyl sites for hydroxylation is 1. The highest BCUT2D eigenvalue weighted by atomic mass is 35.5. The molecule has 1 saturated heterocycles. The fourth-order valence-corrected chi connectivity index (χ4v) is 3.85. The third-order valence-electron chi connectivity index (χ3n) is 5.28. The summed E-state index contributed by atoms with van der Waals surface area (Å²) in [5.74, 6) is 0.890. The third kappa shape index (κ3) is 4.35. The predicted octanol–water partition coefficient (Wildman–Crippen LogP) is 4.05. The number of nitrogens with zero attached hydrogens (tertiary/aromatic N) is 2. The number of methoxy groups -OCH3 is 1. The maximum absolute atomic E-state index is 11.4. The van der Waals surface area contributed by atoms with Crippen molar-refractivity contribution in [1.29, 1.82) is 0 Å². The first kappa shape index (κ1) is 19.5. The Morgan fingerprint density at radius 1 is 1.15 bits per heavy atom. The van der Waals surface area contributed by atoms with Crippen molar-refractivity contribution in [3.63, 3.8) is 0 Å². The number of pyridine rings is 1. The number of benzene rings is 1. The Balaban J connectivity index is 0.00000210. The second-order valence-corrected chi connectivity index (χ2v) is 7.08. The number of hydrogen-bond acceptors (Lipinski definition) is 5. The fourth-order valence-electron chi connectivity index (χ4n) is 3.85. The standard InChI is InChI=1S/C21H25N3O2.ClH/c1-26-21(25)13-15-7-9-16(10-8-15)22-19-14-20(24-11-2-3-12-24)23-18-6-4-5-17(18)19;/h7-10,14H,2-6,11-13H2,1H3,(H,22,23);1H. The van der Waals surface area contributed by atoms with E-state index in [9.17, 15) is 4.79 Å². The topological polar surface area (TPSA) is 54.5 Å². The molecule has 1 N–H and O–H groups in total. The van der Waals surface area contributed by atoms with Gasteiger partial charge >= 0.3 is 5.97 Å². The van der Waals surface area contributed by atoms with Crippen LogP contribution < -0.4 is 10.2 Å². The van der Waals surface area contributed by atoms with Gasteiger partial charge in [-0.05, 0) is 55.4 Å². The lowest BCUT2D eigenvalue weighted by atomic mass is 10.1. The molecule has 0 amide bonds. The second kappa shape index (κ2) is 8.61. The minimum atomic E-state index is -0.215. The van der Waals surface area contributed by atoms with Gasteiger partial charge in [0, 0.05) is 36.2 Å². The maximum atomic E-state index is 11.4. The van der Waals surface area contributed by atoms with Gasteiger partial charge in [-0.1, -0.05) is 12.1 Å². The summed E-state index contributed by atoms with van der Waals surface area (Å²) in [4.78, 5) is 18.7. The van der Waals surface area contributed by atoms with Crippen LogP contribution in [0.2, 0.25) is 0 Å². The summed E-state index contributed by atoms with van der Waals surface area (Å²) in [5, 5.41) is 3.58. The van der Waals surface area contributed by atoms with Gasteiger partial charge in [-0.2, -0.15) is 0 Å². The zero-order valence-electron chi connectivity index (χ0n) is 15.7. The van der Waals surface area contributed by atoms with Crippen molar-refractivity contribution < 1.29 is 9.53 Å². The Labute approximate surface area is 166 Å². The van der Waals surface area contributed by atoms with Gasteiger partial charge < -0.3 is 15.0 Å². The van der Waals surface area contributed by atoms with E-state index in [0.29, 0.717) is 6.42 Å². The van der Waals surface area contributed by atoms with E-state index in [2.05, 4.69) is 16.3 Å². The van der Waals surface area contributed by atoms with E-state index in [-0.39, 0.29) is 18.4 Å². The van der Waals surface area contributed by atoms with Gasteiger partial charge in [-0.25, -0.2) is 4.98 Å². The highest BCUT2D eigenvalue weighted by Crippen LogP contribution is 2.34. The summed E-state index contributed by atoms with van der Waals surface area (Å²) in [5.41, 5.74) is 5.77. The molecule has 0 radical (unpaired) electrons. The molecule has 5 nitrogen and oxygen atoms in total. The smallest absolute Gasteiger partial charge is 0.309 e. The number of halogens is 1. The van der Waals surface area contributed by atoms with E-state index in [0.717, 1.165) is 43.0 Å². The molecule has 1 aromatic carbocycles. The molecule has 6 heteroatoms. The normalized spacial score (nSPS) is 15.2. The molecule has 144 valence electrons. The zero-order valence-corrected chi connectivity index (χ0v) is 16.5. The first-order chi connectivity index (χ1) is 12.7. The lowest BCUT2D eigenvalue weighted by Gasteiger charge is -2.20. The van der Waals surface area contributed by atoms with E-state index in [1.807, 2.05) is 24.3 Å². The second-order valence-electron chi connectivity index (χ2n) is 7.08. The highest BCUT2D eigenvalue weighted by Gasteiger charge is 2.21. The van der Waals surface area contributed by atoms with Crippen molar-refractivity contribution in [2.24, 2.45) is 0 Å². The molecule has 0 unspecified atom stereocenters. The Hall–Kier alpha value is -2.27. The summed E-state index contributed by atoms with van der Waals surface area (Å²) in [6.45, 7) is 2.21. The molecule has 0 atom stereocenters. The Morgan fingerprint density at radius 3 is 2.59 bits per heavy atom. The van der Waals surface area contributed by atoms with Crippen LogP contribution in [0.5, 0.6) is 0 Å². The fraction of sp³-hybridized carbons (Fsp3) is 0.429. The van der Waals surface area contributed by atoms with Gasteiger partial charge in [0.2, 0.25) is 0 Å². The molecule has 0 bridgehead atoms. The molecule has 27 heavy (non-hydrogen) atoms. The SMILES string of the molecule is COC(=O)Cc1ccc(Nc2cc(N3CCCC3)nc3c2CCC3)cc1.Cl. The monoisotopic (exact) mass is 387 g/mol. The quantitative estimate of drug-likeness (QED) is 0.784. The Bertz CT molecular complexity index is 802. The van der Waals surface area contributed by atoms with Gasteiger partial charge in [0.1, 0.15) is 5.82 Å². The van der Waals surface area contributed by atoms with Crippen molar-refractivity contribution >= 4 is 35.6 Å². The third-order valence-corrected chi connectivity index (χ3v) is 5.28. The van der Waals surface area contributed by atoms with Crippen LogP contribution in [0.15, 0.2) is 30.3 Å². The highest BCUT2D eigenvalue weighted by molar-refractivity contribution is 5.85. The van der Waals surface area contributed by atoms with E-state index < -0.39 is 0 Å². The average Bonchev–Trinajstić information content (AvgIpc) is 3.34. The van der Waals surface area contributed by atoms with Gasteiger partial charge in [0.25, 0.3) is 0 Å². The van der Waals surface area contributed by atoms with Crippen LogP contribution in [-0.4, -0.2) is 31.2 Å². The lowest BCUT2D eigenvalue weighted by molar-refractivity contribution is -0.139. The van der Waals surface area contributed by atoms with Crippen molar-refractivity contribution in [3.05, 3.63) is 47.2 Å². The van der Waals surface area contributed by atoms with Crippen LogP contribution in [0.1, 0.15) is 36.1 Å². The number of rotatable bonds is 5. The van der Waals surface area contributed by atoms with E-state index in [1.165, 1.54) is 43.3 Å². The average molecular weight is 388 g/mol. The molecule has 1 fully saturated rings. The number of carbonyl (C=O) groups is 1. The van der Waals surface area contributed by atoms with E-state index in [1.54, 1.807) is 0 Å². The van der Waals surface area contributed by atoms with Gasteiger partial charge in [-0.3, -0.25) is 4.79 Å². The molecule has 4 rings (SSSR count). The molecule has 0 spiro atoms. The number of ether oxygens (including phenoxy) is 1. The maximum Gasteiger partial charge on any atom is 0.309 e. The minimum Gasteiger partial charge on any atom is -0.469 e. The summed E-state index contributed by atoms with van der Waals surface area (Å²) in [7, 11) is 1.42. The number of carbonyl (C=O) groups excluding carboxylic acids is 1. The molecule has 1 aromatic heterocycles. The number of nitrogens with one attached hydrogen (secondary N) is 1. The molecule has 2 aromatic rings. The Kier molecular flexibility index (Phi) is 6.22. The largest absolute Gasteiger partial charge is 0.469 e. The van der Waals surface area contributed by atoms with Crippen molar-refractivity contribution in [2.45, 2.75) is 38.5 Å². The van der Waals surface area contributed by atoms with Gasteiger partial charge in [0.05, 0.1) is 13.5 Å². The number of aromatic nitrogens is 1. The number of anilines is 3. The molecule has 1 aliphatic heterocycles. The van der Waals surface area contributed by atoms with E-state index >= 15 is 0 Å². The summed E-state index contributed by atoms with van der Waals surface area (Å²) in [6, 6.07) is 10.2. The van der Waals surface area contributed by atoms with Crippen molar-refractivity contribution in [1.82, 2.24) is 4.98 Å². The van der Waals surface area contributed by atoms with E-state index in [4.69, 9.17) is 9.72 Å². The molecule has 2 aliphatic rings. The number of fused-ring (bicyclic) bond motifs is 1. The van der Waals surface area contributed by atoms with Crippen LogP contribution in [0.25, 0.3) is 0 Å². The van der Waals surface area contributed by atoms with Crippen LogP contribution in [0.4, 0.5) is 17.2 Å². The zero-order chi connectivity index (χ0) is 17.9. The molecular formula is C21H26ClN3O2. The molecular weight excluding hydrogens is 362 g/mol. The first-order valence-corrected chi connectivity index (χ1v) is 9.43. The molecule has 2 heterocycles. The molecule has 0 saturated carbocycles. The van der Waals surface area contributed by atoms with Crippen molar-refractivity contribution in [3.8, 4) is 0 Å². The minimum absolute atomic E-state index is 0. The predicted molar refractivity (Wildman–Crippen MR) is 110 cm³/mol. The lowest BCUT2D eigenvalue weighted by Crippen LogP contribution is -2.19. The van der Waals surface area contributed by atoms with Crippen LogP contribution in [0.3, 0.4) is 0 Å². The van der Waals surface area contributed by atoms with Crippen LogP contribution >= 0.6 is 12.4 Å². The van der Waals surface area contributed by atoms with Crippen LogP contribution in [0, 0.1) is 0 Å². The number of esters is 1. The van der Waals surface area contributed by atoms with Crippen LogP contribution in [-0.2, 0) is 28.8 Å².